The van der Waals surface area contributed by atoms with Crippen LogP contribution in [0.25, 0.3) is 5.76 Å². The lowest BCUT2D eigenvalue weighted by Gasteiger charge is -2.28. The number of amides is 1. The van der Waals surface area contributed by atoms with Crippen LogP contribution < -0.4 is 4.74 Å². The van der Waals surface area contributed by atoms with Gasteiger partial charge < -0.3 is 19.6 Å². The number of aliphatic hydroxyl groups is 1. The van der Waals surface area contributed by atoms with E-state index in [1.165, 1.54) is 29.2 Å². The van der Waals surface area contributed by atoms with Gasteiger partial charge in [-0.1, -0.05) is 44.2 Å². The Morgan fingerprint density at radius 2 is 1.70 bits per heavy atom. The average molecular weight is 544 g/mol. The molecule has 0 spiro atoms. The third kappa shape index (κ3) is 6.05. The van der Waals surface area contributed by atoms with Crippen LogP contribution in [-0.4, -0.2) is 57.7 Å². The van der Waals surface area contributed by atoms with Crippen LogP contribution in [-0.2, 0) is 16.2 Å². The van der Waals surface area contributed by atoms with Crippen molar-refractivity contribution < 1.29 is 24.4 Å². The van der Waals surface area contributed by atoms with E-state index in [-0.39, 0.29) is 23.6 Å². The van der Waals surface area contributed by atoms with Gasteiger partial charge in [0, 0.05) is 30.8 Å². The molecular formula is C31H33N3O6. The van der Waals surface area contributed by atoms with E-state index in [2.05, 4.69) is 4.90 Å². The molecule has 3 aromatic rings. The van der Waals surface area contributed by atoms with Crippen molar-refractivity contribution in [3.8, 4) is 5.75 Å². The molecule has 1 aliphatic heterocycles. The predicted octanol–water partition coefficient (Wildman–Crippen LogP) is 5.25. The highest BCUT2D eigenvalue weighted by Crippen LogP contribution is 2.40. The zero-order valence-electron chi connectivity index (χ0n) is 22.9. The van der Waals surface area contributed by atoms with Crippen molar-refractivity contribution in [1.29, 1.82) is 0 Å². The number of rotatable bonds is 11. The Morgan fingerprint density at radius 1 is 1.02 bits per heavy atom. The van der Waals surface area contributed by atoms with E-state index in [0.29, 0.717) is 30.0 Å². The first-order valence-corrected chi connectivity index (χ1v) is 13.3. The summed E-state index contributed by atoms with van der Waals surface area (Å²) in [5.74, 6) is -1.17. The van der Waals surface area contributed by atoms with Gasteiger partial charge in [0.25, 0.3) is 17.4 Å². The summed E-state index contributed by atoms with van der Waals surface area (Å²) in [5, 5.41) is 22.6. The first-order chi connectivity index (χ1) is 19.2. The number of nitro benzene ring substituents is 1. The Morgan fingerprint density at radius 3 is 2.30 bits per heavy atom. The maximum absolute atomic E-state index is 13.3. The quantitative estimate of drug-likeness (QED) is 0.116. The van der Waals surface area contributed by atoms with E-state index < -0.39 is 22.7 Å². The van der Waals surface area contributed by atoms with Gasteiger partial charge in [0.1, 0.15) is 18.1 Å². The number of likely N-dealkylation sites (tertiary alicyclic amines) is 1. The van der Waals surface area contributed by atoms with Crippen LogP contribution in [0.3, 0.4) is 0 Å². The number of nitrogens with zero attached hydrogens (tertiary/aromatic N) is 3. The number of carbonyl (C=O) groups is 2. The number of aliphatic hydroxyl groups excluding tert-OH is 1. The highest BCUT2D eigenvalue weighted by atomic mass is 16.6. The summed E-state index contributed by atoms with van der Waals surface area (Å²) in [7, 11) is 0. The predicted molar refractivity (Wildman–Crippen MR) is 152 cm³/mol. The van der Waals surface area contributed by atoms with Crippen molar-refractivity contribution in [3.05, 3.63) is 111 Å². The van der Waals surface area contributed by atoms with E-state index in [9.17, 15) is 24.8 Å². The van der Waals surface area contributed by atoms with Gasteiger partial charge in [0.15, 0.2) is 0 Å². The molecule has 40 heavy (non-hydrogen) atoms. The molecule has 208 valence electrons. The Hall–Kier alpha value is -4.50. The van der Waals surface area contributed by atoms with E-state index in [4.69, 9.17) is 4.74 Å². The van der Waals surface area contributed by atoms with Gasteiger partial charge in [0.2, 0.25) is 0 Å². The summed E-state index contributed by atoms with van der Waals surface area (Å²) < 4.78 is 5.95. The van der Waals surface area contributed by atoms with Crippen LogP contribution in [0.2, 0.25) is 0 Å². The zero-order valence-corrected chi connectivity index (χ0v) is 22.9. The second-order valence-corrected chi connectivity index (χ2v) is 9.62. The Labute approximate surface area is 233 Å². The lowest BCUT2D eigenvalue weighted by atomic mass is 9.94. The number of nitro groups is 1. The van der Waals surface area contributed by atoms with Crippen LogP contribution >= 0.6 is 0 Å². The molecule has 9 heteroatoms. The standard InChI is InChI=1S/C31H33N3O6/c1-4-32(5-2)17-18-33-28(23-11-14-25(15-12-23)34(38)39)27(30(36)31(33)37)29(35)24-13-16-26(21(3)19-24)40-20-22-9-7-6-8-10-22/h6-16,19,28,35H,4-5,17-18,20H2,1-3H3/t28-/m0/s1. The number of likely N-dealkylation sites (N-methyl/N-ethyl adjacent to an activating group) is 1. The van der Waals surface area contributed by atoms with Gasteiger partial charge in [-0.05, 0) is 67.0 Å². The zero-order chi connectivity index (χ0) is 28.8. The number of hydrogen-bond donors (Lipinski definition) is 1. The summed E-state index contributed by atoms with van der Waals surface area (Å²) in [4.78, 5) is 40.8. The molecule has 1 saturated heterocycles. The summed E-state index contributed by atoms with van der Waals surface area (Å²) in [6.45, 7) is 8.60. The fraction of sp³-hybridized carbons (Fsp3) is 0.290. The first kappa shape index (κ1) is 28.5. The second kappa shape index (κ2) is 12.6. The summed E-state index contributed by atoms with van der Waals surface area (Å²) >= 11 is 0. The van der Waals surface area contributed by atoms with Gasteiger partial charge in [-0.2, -0.15) is 0 Å². The molecule has 1 N–H and O–H groups in total. The molecule has 1 aliphatic rings. The minimum absolute atomic E-state index is 0.0456. The van der Waals surface area contributed by atoms with E-state index in [1.54, 1.807) is 18.2 Å². The minimum Gasteiger partial charge on any atom is -0.507 e. The van der Waals surface area contributed by atoms with E-state index in [0.717, 1.165) is 24.2 Å². The van der Waals surface area contributed by atoms with Crippen molar-refractivity contribution >= 4 is 23.1 Å². The topological polar surface area (TPSA) is 113 Å². The third-order valence-corrected chi connectivity index (χ3v) is 7.20. The molecule has 4 rings (SSSR count). The minimum atomic E-state index is -0.884. The van der Waals surface area contributed by atoms with Crippen molar-refractivity contribution in [2.24, 2.45) is 0 Å². The number of aryl methyl sites for hydroxylation is 1. The van der Waals surface area contributed by atoms with Crippen LogP contribution in [0, 0.1) is 17.0 Å². The normalized spacial score (nSPS) is 16.5. The number of Topliss-reactive ketones (excluding diaryl/α,β-unsaturated/α-hetero) is 1. The van der Waals surface area contributed by atoms with Crippen molar-refractivity contribution in [2.75, 3.05) is 26.2 Å². The maximum atomic E-state index is 13.3. The fourth-order valence-corrected chi connectivity index (χ4v) is 4.87. The lowest BCUT2D eigenvalue weighted by Crippen LogP contribution is -2.38. The number of benzene rings is 3. The molecule has 0 aliphatic carbocycles. The fourth-order valence-electron chi connectivity index (χ4n) is 4.87. The van der Waals surface area contributed by atoms with E-state index >= 15 is 0 Å². The molecule has 0 saturated carbocycles. The molecule has 0 unspecified atom stereocenters. The lowest BCUT2D eigenvalue weighted by molar-refractivity contribution is -0.384. The van der Waals surface area contributed by atoms with Crippen molar-refractivity contribution in [3.63, 3.8) is 0 Å². The van der Waals surface area contributed by atoms with Gasteiger partial charge in [-0.3, -0.25) is 19.7 Å². The molecule has 9 nitrogen and oxygen atoms in total. The van der Waals surface area contributed by atoms with Crippen LogP contribution in [0.4, 0.5) is 5.69 Å². The third-order valence-electron chi connectivity index (χ3n) is 7.20. The highest BCUT2D eigenvalue weighted by Gasteiger charge is 2.46. The number of non-ortho nitro benzene ring substituents is 1. The number of ketones is 1. The van der Waals surface area contributed by atoms with Crippen LogP contribution in [0.5, 0.6) is 5.75 Å². The Balaban J connectivity index is 1.70. The first-order valence-electron chi connectivity index (χ1n) is 13.3. The Bertz CT molecular complexity index is 1410. The van der Waals surface area contributed by atoms with Crippen molar-refractivity contribution in [1.82, 2.24) is 9.80 Å². The molecule has 3 aromatic carbocycles. The molecule has 0 bridgehead atoms. The van der Waals surface area contributed by atoms with Gasteiger partial charge in [0.05, 0.1) is 16.5 Å². The largest absolute Gasteiger partial charge is 0.507 e. The van der Waals surface area contributed by atoms with Crippen LogP contribution in [0.15, 0.2) is 78.4 Å². The summed E-state index contributed by atoms with van der Waals surface area (Å²) in [6, 6.07) is 19.7. The summed E-state index contributed by atoms with van der Waals surface area (Å²) in [6.07, 6.45) is 0. The van der Waals surface area contributed by atoms with Crippen LogP contribution in [0.1, 0.15) is 42.1 Å². The van der Waals surface area contributed by atoms with E-state index in [1.807, 2.05) is 51.1 Å². The molecular weight excluding hydrogens is 510 g/mol. The SMILES string of the molecule is CCN(CC)CCN1C(=O)C(=O)C(=C(O)c2ccc(OCc3ccccc3)c(C)c2)[C@@H]1c1ccc([N+](=O)[O-])cc1. The summed E-state index contributed by atoms with van der Waals surface area (Å²) in [5.41, 5.74) is 2.49. The van der Waals surface area contributed by atoms with Gasteiger partial charge in [-0.25, -0.2) is 0 Å². The smallest absolute Gasteiger partial charge is 0.295 e. The molecule has 0 aromatic heterocycles. The number of carbonyl (C=O) groups excluding carboxylic acids is 2. The molecule has 1 atom stereocenters. The second-order valence-electron chi connectivity index (χ2n) is 9.62. The maximum Gasteiger partial charge on any atom is 0.295 e. The monoisotopic (exact) mass is 543 g/mol. The highest BCUT2D eigenvalue weighted by molar-refractivity contribution is 6.46. The number of hydrogen-bond acceptors (Lipinski definition) is 7. The van der Waals surface area contributed by atoms with Gasteiger partial charge >= 0.3 is 0 Å². The number of ether oxygens (including phenoxy) is 1. The average Bonchev–Trinajstić information content (AvgIpc) is 3.22. The van der Waals surface area contributed by atoms with Crippen molar-refractivity contribution in [2.45, 2.75) is 33.4 Å². The molecule has 1 heterocycles. The Kier molecular flexibility index (Phi) is 8.96. The molecule has 0 radical (unpaired) electrons. The molecule has 1 fully saturated rings. The molecule has 1 amide bonds. The van der Waals surface area contributed by atoms with Gasteiger partial charge in [-0.15, -0.1) is 0 Å².